The van der Waals surface area contributed by atoms with Crippen molar-refractivity contribution in [2.75, 3.05) is 13.1 Å². The van der Waals surface area contributed by atoms with Crippen molar-refractivity contribution in [1.29, 1.82) is 0 Å². The fourth-order valence-corrected chi connectivity index (χ4v) is 1.39. The molecule has 0 saturated heterocycles. The number of guanidine groups is 1. The highest BCUT2D eigenvalue weighted by Crippen LogP contribution is 2.22. The molecule has 0 fully saturated rings. The van der Waals surface area contributed by atoms with E-state index in [2.05, 4.69) is 48.0 Å². The van der Waals surface area contributed by atoms with Crippen molar-refractivity contribution in [3.8, 4) is 0 Å². The van der Waals surface area contributed by atoms with Gasteiger partial charge in [-0.3, -0.25) is 0 Å². The highest BCUT2D eigenvalue weighted by atomic mass is 127. The highest BCUT2D eigenvalue weighted by Gasteiger charge is 2.18. The van der Waals surface area contributed by atoms with Crippen LogP contribution in [0.4, 0.5) is 0 Å². The maximum absolute atomic E-state index is 5.69. The first-order valence-corrected chi connectivity index (χ1v) is 6.55. The molecule has 1 rings (SSSR count). The lowest BCUT2D eigenvalue weighted by molar-refractivity contribution is 0.383. The number of nitrogens with one attached hydrogen (secondary N) is 2. The Balaban J connectivity index is 0.00000361. The average molecular weight is 392 g/mol. The summed E-state index contributed by atoms with van der Waals surface area (Å²) in [6, 6.07) is 0. The van der Waals surface area contributed by atoms with Gasteiger partial charge in [0.15, 0.2) is 5.96 Å². The number of aromatic nitrogens is 1. The lowest BCUT2D eigenvalue weighted by Gasteiger charge is -2.13. The van der Waals surface area contributed by atoms with E-state index in [9.17, 15) is 0 Å². The third-order valence-electron chi connectivity index (χ3n) is 2.42. The first-order chi connectivity index (χ1) is 8.97. The van der Waals surface area contributed by atoms with Crippen molar-refractivity contribution in [2.45, 2.75) is 39.7 Å². The third-order valence-corrected chi connectivity index (χ3v) is 2.42. The van der Waals surface area contributed by atoms with Gasteiger partial charge in [0, 0.05) is 18.5 Å². The summed E-state index contributed by atoms with van der Waals surface area (Å²) < 4.78 is 5.69. The largest absolute Gasteiger partial charge is 0.443 e. The van der Waals surface area contributed by atoms with Crippen molar-refractivity contribution < 1.29 is 4.42 Å². The van der Waals surface area contributed by atoms with Gasteiger partial charge in [0.25, 0.3) is 0 Å². The summed E-state index contributed by atoms with van der Waals surface area (Å²) in [7, 11) is 0. The van der Waals surface area contributed by atoms with Crippen LogP contribution >= 0.6 is 24.0 Å². The predicted molar refractivity (Wildman–Crippen MR) is 93.6 cm³/mol. The first kappa shape index (κ1) is 18.9. The number of oxazole rings is 1. The molecule has 1 aromatic heterocycles. The van der Waals surface area contributed by atoms with E-state index in [0.29, 0.717) is 19.0 Å². The van der Waals surface area contributed by atoms with Gasteiger partial charge >= 0.3 is 0 Å². The van der Waals surface area contributed by atoms with Gasteiger partial charge in [-0.05, 0) is 6.92 Å². The maximum Gasteiger partial charge on any atom is 0.216 e. The van der Waals surface area contributed by atoms with Crippen LogP contribution in [-0.4, -0.2) is 24.0 Å². The van der Waals surface area contributed by atoms with Gasteiger partial charge in [0.1, 0.15) is 12.3 Å². The number of halogens is 1. The molecule has 6 heteroatoms. The van der Waals surface area contributed by atoms with Gasteiger partial charge in [-0.2, -0.15) is 0 Å². The standard InChI is InChI=1S/C14H24N4O.HI/c1-6-8-16-13(15-7-2)18-10-12-17-9-11(19-12)14(3,4)5;/h6,9H,1,7-8,10H2,2-5H3,(H2,15,16,18);1H. The van der Waals surface area contributed by atoms with E-state index in [1.807, 2.05) is 6.92 Å². The molecule has 0 bridgehead atoms. The lowest BCUT2D eigenvalue weighted by Crippen LogP contribution is -2.37. The molecule has 114 valence electrons. The van der Waals surface area contributed by atoms with E-state index in [1.165, 1.54) is 0 Å². The maximum atomic E-state index is 5.69. The molecule has 0 aliphatic heterocycles. The van der Waals surface area contributed by atoms with Crippen LogP contribution < -0.4 is 10.6 Å². The zero-order valence-corrected chi connectivity index (χ0v) is 15.0. The Morgan fingerprint density at radius 3 is 2.65 bits per heavy atom. The minimum absolute atomic E-state index is 0. The Kier molecular flexibility index (Phi) is 8.52. The molecule has 20 heavy (non-hydrogen) atoms. The fourth-order valence-electron chi connectivity index (χ4n) is 1.39. The molecule has 0 amide bonds. The normalized spacial score (nSPS) is 11.7. The number of hydrogen-bond donors (Lipinski definition) is 2. The van der Waals surface area contributed by atoms with E-state index in [4.69, 9.17) is 4.42 Å². The monoisotopic (exact) mass is 392 g/mol. The van der Waals surface area contributed by atoms with E-state index in [-0.39, 0.29) is 29.4 Å². The average Bonchev–Trinajstić information content (AvgIpc) is 2.81. The summed E-state index contributed by atoms with van der Waals surface area (Å²) in [5, 5.41) is 6.28. The van der Waals surface area contributed by atoms with Gasteiger partial charge in [0.05, 0.1) is 6.20 Å². The van der Waals surface area contributed by atoms with Crippen LogP contribution in [0, 0.1) is 0 Å². The lowest BCUT2D eigenvalue weighted by atomic mass is 9.94. The molecular weight excluding hydrogens is 367 g/mol. The molecule has 5 nitrogen and oxygen atoms in total. The Bertz CT molecular complexity index is 435. The molecular formula is C14H25IN4O. The van der Waals surface area contributed by atoms with Gasteiger partial charge < -0.3 is 15.1 Å². The van der Waals surface area contributed by atoms with Crippen LogP contribution in [0.15, 0.2) is 28.3 Å². The molecule has 0 aliphatic carbocycles. The summed E-state index contributed by atoms with van der Waals surface area (Å²) in [6.45, 7) is 13.9. The molecule has 0 aliphatic rings. The van der Waals surface area contributed by atoms with E-state index in [0.717, 1.165) is 18.3 Å². The quantitative estimate of drug-likeness (QED) is 0.350. The van der Waals surface area contributed by atoms with Crippen LogP contribution in [0.3, 0.4) is 0 Å². The van der Waals surface area contributed by atoms with Crippen molar-refractivity contribution in [2.24, 2.45) is 4.99 Å². The summed E-state index contributed by atoms with van der Waals surface area (Å²) in [5.41, 5.74) is -0.0272. The van der Waals surface area contributed by atoms with Gasteiger partial charge in [-0.15, -0.1) is 30.6 Å². The number of rotatable bonds is 5. The molecule has 0 radical (unpaired) electrons. The number of nitrogens with zero attached hydrogens (tertiary/aromatic N) is 2. The molecule has 0 unspecified atom stereocenters. The van der Waals surface area contributed by atoms with Gasteiger partial charge in [-0.25, -0.2) is 9.98 Å². The van der Waals surface area contributed by atoms with Gasteiger partial charge in [-0.1, -0.05) is 26.8 Å². The van der Waals surface area contributed by atoms with Crippen LogP contribution in [0.2, 0.25) is 0 Å². The van der Waals surface area contributed by atoms with Crippen molar-refractivity contribution >= 4 is 29.9 Å². The van der Waals surface area contributed by atoms with Crippen LogP contribution in [0.1, 0.15) is 39.3 Å². The Morgan fingerprint density at radius 1 is 1.45 bits per heavy atom. The van der Waals surface area contributed by atoms with E-state index in [1.54, 1.807) is 12.3 Å². The zero-order chi connectivity index (χ0) is 14.3. The molecule has 0 atom stereocenters. The van der Waals surface area contributed by atoms with Crippen LogP contribution in [0.25, 0.3) is 0 Å². The molecule has 2 N–H and O–H groups in total. The van der Waals surface area contributed by atoms with Gasteiger partial charge in [0.2, 0.25) is 5.89 Å². The minimum Gasteiger partial charge on any atom is -0.443 e. The second-order valence-corrected chi connectivity index (χ2v) is 5.23. The fraction of sp³-hybridized carbons (Fsp3) is 0.571. The smallest absolute Gasteiger partial charge is 0.216 e. The van der Waals surface area contributed by atoms with Crippen LogP contribution in [0.5, 0.6) is 0 Å². The van der Waals surface area contributed by atoms with Crippen LogP contribution in [-0.2, 0) is 12.0 Å². The van der Waals surface area contributed by atoms with E-state index >= 15 is 0 Å². The molecule has 0 aromatic carbocycles. The summed E-state index contributed by atoms with van der Waals surface area (Å²) in [4.78, 5) is 8.65. The number of hydrogen-bond acceptors (Lipinski definition) is 3. The molecule has 1 aromatic rings. The summed E-state index contributed by atoms with van der Waals surface area (Å²) in [5.74, 6) is 2.24. The minimum atomic E-state index is -0.0272. The molecule has 0 spiro atoms. The summed E-state index contributed by atoms with van der Waals surface area (Å²) in [6.07, 6.45) is 3.56. The topological polar surface area (TPSA) is 62.5 Å². The SMILES string of the molecule is C=CCNC(=NCc1ncc(C(C)(C)C)o1)NCC.I. The Hall–Kier alpha value is -1.05. The Labute approximate surface area is 138 Å². The second kappa shape index (κ2) is 8.99. The number of aliphatic imine (C=N–C) groups is 1. The Morgan fingerprint density at radius 2 is 2.15 bits per heavy atom. The van der Waals surface area contributed by atoms with Crippen molar-refractivity contribution in [3.05, 3.63) is 30.5 Å². The summed E-state index contributed by atoms with van der Waals surface area (Å²) >= 11 is 0. The third kappa shape index (κ3) is 6.40. The zero-order valence-electron chi connectivity index (χ0n) is 12.7. The highest BCUT2D eigenvalue weighted by molar-refractivity contribution is 14.0. The van der Waals surface area contributed by atoms with Crippen molar-refractivity contribution in [3.63, 3.8) is 0 Å². The second-order valence-electron chi connectivity index (χ2n) is 5.23. The van der Waals surface area contributed by atoms with E-state index < -0.39 is 0 Å². The molecule has 1 heterocycles. The predicted octanol–water partition coefficient (Wildman–Crippen LogP) is 2.83. The first-order valence-electron chi connectivity index (χ1n) is 6.55. The molecule has 0 saturated carbocycles. The van der Waals surface area contributed by atoms with Crippen molar-refractivity contribution in [1.82, 2.24) is 15.6 Å².